The third kappa shape index (κ3) is 5.45. The summed E-state index contributed by atoms with van der Waals surface area (Å²) in [5, 5.41) is 6.18. The molecule has 0 spiro atoms. The average molecular weight is 405 g/mol. The van der Waals surface area contributed by atoms with Crippen molar-refractivity contribution in [1.29, 1.82) is 0 Å². The van der Waals surface area contributed by atoms with Crippen LogP contribution in [-0.4, -0.2) is 30.4 Å². The fourth-order valence-electron chi connectivity index (χ4n) is 1.90. The van der Waals surface area contributed by atoms with Gasteiger partial charge in [0, 0.05) is 11.8 Å². The summed E-state index contributed by atoms with van der Waals surface area (Å²) < 4.78 is 25.9. The van der Waals surface area contributed by atoms with Gasteiger partial charge in [0.15, 0.2) is 5.15 Å². The highest BCUT2D eigenvalue weighted by molar-refractivity contribution is 7.92. The van der Waals surface area contributed by atoms with Gasteiger partial charge < -0.3 is 5.32 Å². The minimum absolute atomic E-state index is 0.00153. The van der Waals surface area contributed by atoms with Gasteiger partial charge in [-0.3, -0.25) is 14.3 Å². The van der Waals surface area contributed by atoms with Crippen LogP contribution in [0.25, 0.3) is 0 Å². The predicted octanol–water partition coefficient (Wildman–Crippen LogP) is 1.87. The maximum absolute atomic E-state index is 12.1. The van der Waals surface area contributed by atoms with Crippen molar-refractivity contribution in [2.24, 2.45) is 0 Å². The van der Waals surface area contributed by atoms with E-state index >= 15 is 0 Å². The lowest BCUT2D eigenvalue weighted by Gasteiger charge is -2.11. The molecule has 0 aliphatic carbocycles. The normalized spacial score (nSPS) is 11.2. The second-order valence-corrected chi connectivity index (χ2v) is 7.74. The Morgan fingerprint density at radius 1 is 1.28 bits per heavy atom. The second-order valence-electron chi connectivity index (χ2n) is 5.23. The quantitative estimate of drug-likeness (QED) is 0.789. The molecule has 8 nitrogen and oxygen atoms in total. The Morgan fingerprint density at radius 2 is 1.96 bits per heavy atom. The first-order chi connectivity index (χ1) is 11.5. The first kappa shape index (κ1) is 19.2. The number of sulfonamides is 1. The number of amides is 1. The molecule has 1 aromatic heterocycles. The van der Waals surface area contributed by atoms with Gasteiger partial charge in [-0.25, -0.2) is 13.1 Å². The number of aryl methyl sites for hydroxylation is 1. The Kier molecular flexibility index (Phi) is 5.71. The van der Waals surface area contributed by atoms with Crippen LogP contribution in [0.4, 0.5) is 11.4 Å². The van der Waals surface area contributed by atoms with Gasteiger partial charge in [-0.15, -0.1) is 0 Å². The van der Waals surface area contributed by atoms with Gasteiger partial charge in [-0.1, -0.05) is 29.3 Å². The van der Waals surface area contributed by atoms with E-state index in [9.17, 15) is 18.0 Å². The van der Waals surface area contributed by atoms with E-state index in [1.54, 1.807) is 19.1 Å². The molecule has 2 aromatic rings. The summed E-state index contributed by atoms with van der Waals surface area (Å²) in [5.74, 6) is -0.540. The zero-order chi connectivity index (χ0) is 18.8. The molecule has 11 heteroatoms. The van der Waals surface area contributed by atoms with Gasteiger partial charge in [-0.05, 0) is 24.6 Å². The molecule has 0 atom stereocenters. The minimum atomic E-state index is -3.45. The van der Waals surface area contributed by atoms with Crippen LogP contribution >= 0.6 is 23.2 Å². The van der Waals surface area contributed by atoms with E-state index < -0.39 is 21.5 Å². The number of aromatic nitrogens is 2. The lowest BCUT2D eigenvalue weighted by molar-refractivity contribution is -0.117. The van der Waals surface area contributed by atoms with E-state index in [4.69, 9.17) is 23.2 Å². The van der Waals surface area contributed by atoms with Crippen molar-refractivity contribution in [1.82, 2.24) is 9.78 Å². The molecule has 0 radical (unpaired) electrons. The zero-order valence-corrected chi connectivity index (χ0v) is 15.5. The molecule has 0 saturated carbocycles. The van der Waals surface area contributed by atoms with Crippen molar-refractivity contribution in [2.75, 3.05) is 16.3 Å². The molecular weight excluding hydrogens is 391 g/mol. The largest absolute Gasteiger partial charge is 0.324 e. The molecule has 2 rings (SSSR count). The van der Waals surface area contributed by atoms with Crippen LogP contribution in [0.3, 0.4) is 0 Å². The fraction of sp³-hybridized carbons (Fsp3) is 0.214. The number of nitrogens with one attached hydrogen (secondary N) is 2. The minimum Gasteiger partial charge on any atom is -0.324 e. The van der Waals surface area contributed by atoms with Crippen molar-refractivity contribution in [3.05, 3.63) is 50.4 Å². The van der Waals surface area contributed by atoms with Crippen molar-refractivity contribution < 1.29 is 13.2 Å². The van der Waals surface area contributed by atoms with Crippen LogP contribution in [-0.2, 0) is 21.4 Å². The molecule has 0 fully saturated rings. The van der Waals surface area contributed by atoms with Gasteiger partial charge in [0.1, 0.15) is 6.54 Å². The van der Waals surface area contributed by atoms with Gasteiger partial charge in [0.05, 0.1) is 17.0 Å². The maximum Gasteiger partial charge on any atom is 0.268 e. The van der Waals surface area contributed by atoms with E-state index in [2.05, 4.69) is 15.1 Å². The standard InChI is InChI=1S/C14H14Cl2N4O4S/c1-8-3-4-9(5-11(8)19-25(2,23)24)17-12(21)7-20-13(22)6-10(15)14(16)18-20/h3-6,19H,7H2,1-2H3,(H,17,21). The number of anilines is 2. The molecule has 0 aliphatic rings. The van der Waals surface area contributed by atoms with Crippen LogP contribution in [0.5, 0.6) is 0 Å². The summed E-state index contributed by atoms with van der Waals surface area (Å²) in [7, 11) is -3.45. The summed E-state index contributed by atoms with van der Waals surface area (Å²) in [6.45, 7) is 1.34. The molecule has 1 heterocycles. The summed E-state index contributed by atoms with van der Waals surface area (Å²) in [4.78, 5) is 23.8. The molecule has 0 aliphatic heterocycles. The van der Waals surface area contributed by atoms with E-state index in [0.29, 0.717) is 16.9 Å². The molecule has 25 heavy (non-hydrogen) atoms. The van der Waals surface area contributed by atoms with Crippen molar-refractivity contribution >= 4 is 50.5 Å². The van der Waals surface area contributed by atoms with Gasteiger partial charge >= 0.3 is 0 Å². The molecule has 0 unspecified atom stereocenters. The molecular formula is C14H14Cl2N4O4S. The lowest BCUT2D eigenvalue weighted by Crippen LogP contribution is -2.29. The number of carbonyl (C=O) groups excluding carboxylic acids is 1. The number of hydrogen-bond donors (Lipinski definition) is 2. The Labute approximate surface area is 153 Å². The summed E-state index contributed by atoms with van der Waals surface area (Å²) in [5.41, 5.74) is 0.804. The molecule has 0 saturated heterocycles. The van der Waals surface area contributed by atoms with E-state index in [0.717, 1.165) is 17.0 Å². The Balaban J connectivity index is 2.17. The van der Waals surface area contributed by atoms with E-state index in [1.165, 1.54) is 6.07 Å². The van der Waals surface area contributed by atoms with Crippen molar-refractivity contribution in [3.8, 4) is 0 Å². The van der Waals surface area contributed by atoms with Crippen molar-refractivity contribution in [2.45, 2.75) is 13.5 Å². The predicted molar refractivity (Wildman–Crippen MR) is 96.8 cm³/mol. The monoisotopic (exact) mass is 404 g/mol. The number of rotatable bonds is 5. The SMILES string of the molecule is Cc1ccc(NC(=O)Cn2nc(Cl)c(Cl)cc2=O)cc1NS(C)(=O)=O. The zero-order valence-electron chi connectivity index (χ0n) is 13.2. The summed E-state index contributed by atoms with van der Waals surface area (Å²) in [6.07, 6.45) is 1.03. The molecule has 1 aromatic carbocycles. The van der Waals surface area contributed by atoms with Gasteiger partial charge in [0.25, 0.3) is 5.56 Å². The third-order valence-corrected chi connectivity index (χ3v) is 4.27. The van der Waals surface area contributed by atoms with Crippen LogP contribution in [0.2, 0.25) is 10.2 Å². The maximum atomic E-state index is 12.1. The number of nitrogens with zero attached hydrogens (tertiary/aromatic N) is 2. The summed E-state index contributed by atoms with van der Waals surface area (Å²) >= 11 is 11.4. The Bertz CT molecular complexity index is 989. The highest BCUT2D eigenvalue weighted by Crippen LogP contribution is 2.21. The van der Waals surface area contributed by atoms with Crippen molar-refractivity contribution in [3.63, 3.8) is 0 Å². The number of carbonyl (C=O) groups is 1. The van der Waals surface area contributed by atoms with Crippen LogP contribution < -0.4 is 15.6 Å². The van der Waals surface area contributed by atoms with Crippen LogP contribution in [0.15, 0.2) is 29.1 Å². The number of hydrogen-bond acceptors (Lipinski definition) is 5. The molecule has 0 bridgehead atoms. The van der Waals surface area contributed by atoms with E-state index in [1.807, 2.05) is 0 Å². The highest BCUT2D eigenvalue weighted by atomic mass is 35.5. The fourth-order valence-corrected chi connectivity index (χ4v) is 2.80. The second kappa shape index (κ2) is 7.42. The topological polar surface area (TPSA) is 110 Å². The Morgan fingerprint density at radius 3 is 2.60 bits per heavy atom. The lowest BCUT2D eigenvalue weighted by atomic mass is 10.2. The highest BCUT2D eigenvalue weighted by Gasteiger charge is 2.11. The Hall–Kier alpha value is -2.10. The van der Waals surface area contributed by atoms with Gasteiger partial charge in [0.2, 0.25) is 15.9 Å². The van der Waals surface area contributed by atoms with Gasteiger partial charge in [-0.2, -0.15) is 5.10 Å². The molecule has 134 valence electrons. The van der Waals surface area contributed by atoms with Crippen LogP contribution in [0.1, 0.15) is 5.56 Å². The first-order valence-corrected chi connectivity index (χ1v) is 9.51. The number of halogens is 2. The molecule has 1 amide bonds. The first-order valence-electron chi connectivity index (χ1n) is 6.86. The average Bonchev–Trinajstić information content (AvgIpc) is 2.47. The smallest absolute Gasteiger partial charge is 0.268 e. The van der Waals surface area contributed by atoms with E-state index in [-0.39, 0.29) is 16.7 Å². The third-order valence-electron chi connectivity index (χ3n) is 3.02. The summed E-state index contributed by atoms with van der Waals surface area (Å²) in [6, 6.07) is 5.78. The molecule has 2 N–H and O–H groups in total. The number of benzene rings is 1. The van der Waals surface area contributed by atoms with Crippen LogP contribution in [0, 0.1) is 6.92 Å².